The summed E-state index contributed by atoms with van der Waals surface area (Å²) in [7, 11) is 0. The lowest BCUT2D eigenvalue weighted by Crippen LogP contribution is -2.24. The Hall–Kier alpha value is -4.83. The Bertz CT molecular complexity index is 1920. The lowest BCUT2D eigenvalue weighted by atomic mass is 9.79. The number of H-pyrrole nitrogens is 1. The summed E-state index contributed by atoms with van der Waals surface area (Å²) in [5, 5.41) is 11.9. The molecule has 3 aromatic carbocycles. The van der Waals surface area contributed by atoms with Gasteiger partial charge in [-0.2, -0.15) is 5.26 Å². The van der Waals surface area contributed by atoms with E-state index in [1.54, 1.807) is 4.57 Å². The number of rotatable bonds is 4. The van der Waals surface area contributed by atoms with Crippen molar-refractivity contribution in [3.05, 3.63) is 105 Å². The van der Waals surface area contributed by atoms with Gasteiger partial charge in [-0.1, -0.05) is 44.2 Å². The minimum absolute atomic E-state index is 0.0796. The third-order valence-corrected chi connectivity index (χ3v) is 7.63. The molecule has 1 aliphatic rings. The predicted octanol–water partition coefficient (Wildman–Crippen LogP) is 6.21. The minimum atomic E-state index is -0.449. The second-order valence-corrected chi connectivity index (χ2v) is 10.3. The molecule has 1 aliphatic heterocycles. The third-order valence-electron chi connectivity index (χ3n) is 7.63. The van der Waals surface area contributed by atoms with Crippen LogP contribution in [-0.2, 0) is 6.54 Å². The average Bonchev–Trinajstić information content (AvgIpc) is 3.26. The predicted molar refractivity (Wildman–Crippen MR) is 154 cm³/mol. The normalized spacial score (nSPS) is 15.0. The van der Waals surface area contributed by atoms with E-state index in [9.17, 15) is 10.1 Å². The number of aryl methyl sites for hydroxylation is 1. The van der Waals surface area contributed by atoms with Crippen LogP contribution in [0.4, 0.5) is 0 Å². The van der Waals surface area contributed by atoms with E-state index < -0.39 is 5.92 Å². The van der Waals surface area contributed by atoms with Gasteiger partial charge in [-0.25, -0.2) is 4.98 Å². The number of nitrogens with two attached hydrogens (primary N) is 1. The molecule has 6 rings (SSSR count). The van der Waals surface area contributed by atoms with Crippen molar-refractivity contribution >= 4 is 21.8 Å². The van der Waals surface area contributed by atoms with Crippen LogP contribution in [-0.4, -0.2) is 14.5 Å². The van der Waals surface area contributed by atoms with E-state index in [1.165, 1.54) is 0 Å². The van der Waals surface area contributed by atoms with Crippen LogP contribution in [0.1, 0.15) is 55.0 Å². The summed E-state index contributed by atoms with van der Waals surface area (Å²) in [5.41, 5.74) is 12.8. The SMILES string of the molecule is CCn1c(-c2cc(C(C)C)c3c(c2)C(c2c(C)[nH]c4ccccc24)C(C#N)=C(N)O3)nc2ccccc2c1=O. The van der Waals surface area contributed by atoms with Crippen LogP contribution >= 0.6 is 0 Å². The van der Waals surface area contributed by atoms with Crippen LogP contribution in [0.25, 0.3) is 33.2 Å². The Labute approximate surface area is 226 Å². The molecule has 2 aromatic heterocycles. The first kappa shape index (κ1) is 24.5. The third kappa shape index (κ3) is 3.71. The van der Waals surface area contributed by atoms with Gasteiger partial charge in [0, 0.05) is 34.3 Å². The number of nitriles is 1. The summed E-state index contributed by atoms with van der Waals surface area (Å²) in [6.45, 7) is 8.62. The molecule has 5 aromatic rings. The van der Waals surface area contributed by atoms with Gasteiger partial charge in [0.2, 0.25) is 5.88 Å². The molecule has 0 aliphatic carbocycles. The molecule has 7 heteroatoms. The Morgan fingerprint density at radius 2 is 1.85 bits per heavy atom. The van der Waals surface area contributed by atoms with Gasteiger partial charge >= 0.3 is 0 Å². The molecule has 39 heavy (non-hydrogen) atoms. The first-order chi connectivity index (χ1) is 18.8. The van der Waals surface area contributed by atoms with Crippen LogP contribution in [0.5, 0.6) is 5.75 Å². The van der Waals surface area contributed by atoms with Crippen LogP contribution < -0.4 is 16.0 Å². The zero-order valence-electron chi connectivity index (χ0n) is 22.4. The molecule has 1 unspecified atom stereocenters. The average molecular weight is 516 g/mol. The topological polar surface area (TPSA) is 110 Å². The monoisotopic (exact) mass is 515 g/mol. The highest BCUT2D eigenvalue weighted by atomic mass is 16.5. The first-order valence-electron chi connectivity index (χ1n) is 13.2. The van der Waals surface area contributed by atoms with Gasteiger partial charge in [0.05, 0.1) is 16.8 Å². The quantitative estimate of drug-likeness (QED) is 0.295. The molecule has 0 saturated heterocycles. The second kappa shape index (κ2) is 9.17. The molecule has 0 spiro atoms. The summed E-state index contributed by atoms with van der Waals surface area (Å²) in [4.78, 5) is 21.9. The number of aromatic nitrogens is 3. The van der Waals surface area contributed by atoms with Gasteiger partial charge in [0.25, 0.3) is 5.56 Å². The molecule has 0 saturated carbocycles. The Balaban J connectivity index is 1.70. The number of nitrogens with one attached hydrogen (secondary N) is 1. The maximum Gasteiger partial charge on any atom is 0.261 e. The molecule has 3 N–H and O–H groups in total. The molecule has 0 fully saturated rings. The van der Waals surface area contributed by atoms with E-state index in [1.807, 2.05) is 68.4 Å². The molecule has 1 atom stereocenters. The van der Waals surface area contributed by atoms with Crippen molar-refractivity contribution in [2.75, 3.05) is 0 Å². The number of ether oxygens (including phenoxy) is 1. The van der Waals surface area contributed by atoms with Crippen molar-refractivity contribution in [2.45, 2.75) is 46.1 Å². The van der Waals surface area contributed by atoms with Crippen molar-refractivity contribution in [2.24, 2.45) is 5.73 Å². The van der Waals surface area contributed by atoms with Crippen molar-refractivity contribution < 1.29 is 4.74 Å². The Morgan fingerprint density at radius 1 is 1.13 bits per heavy atom. The fourth-order valence-corrected chi connectivity index (χ4v) is 5.80. The largest absolute Gasteiger partial charge is 0.440 e. The van der Waals surface area contributed by atoms with Crippen LogP contribution in [0, 0.1) is 18.3 Å². The maximum atomic E-state index is 13.5. The van der Waals surface area contributed by atoms with Crippen molar-refractivity contribution in [1.82, 2.24) is 14.5 Å². The number of allylic oxidation sites excluding steroid dienone is 1. The van der Waals surface area contributed by atoms with Crippen molar-refractivity contribution in [1.29, 1.82) is 5.26 Å². The lowest BCUT2D eigenvalue weighted by Gasteiger charge is -2.30. The molecular weight excluding hydrogens is 486 g/mol. The summed E-state index contributed by atoms with van der Waals surface area (Å²) in [6.07, 6.45) is 0. The molecule has 0 bridgehead atoms. The van der Waals surface area contributed by atoms with Gasteiger partial charge in [-0.3, -0.25) is 9.36 Å². The number of hydrogen-bond acceptors (Lipinski definition) is 5. The zero-order valence-corrected chi connectivity index (χ0v) is 22.4. The Morgan fingerprint density at radius 3 is 2.56 bits per heavy atom. The van der Waals surface area contributed by atoms with Crippen molar-refractivity contribution in [3.8, 4) is 23.2 Å². The van der Waals surface area contributed by atoms with Crippen LogP contribution in [0.15, 0.2) is 76.9 Å². The second-order valence-electron chi connectivity index (χ2n) is 10.3. The van der Waals surface area contributed by atoms with E-state index in [0.29, 0.717) is 34.6 Å². The smallest absolute Gasteiger partial charge is 0.261 e. The highest BCUT2D eigenvalue weighted by Crippen LogP contribution is 2.49. The fraction of sp³-hybridized carbons (Fsp3) is 0.219. The summed E-state index contributed by atoms with van der Waals surface area (Å²) >= 11 is 0. The standard InChI is InChI=1S/C32H29N5O2/c1-5-37-31(36-26-13-9-7-11-21(26)32(37)38)19-14-22(17(2)3)29-23(15-19)28(24(16-33)30(34)39-29)27-18(4)35-25-12-8-6-10-20(25)27/h6-15,17,28,35H,5,34H2,1-4H3. The maximum absolute atomic E-state index is 13.5. The van der Waals surface area contributed by atoms with E-state index in [0.717, 1.165) is 38.9 Å². The Kier molecular flexibility index (Phi) is 5.76. The number of aromatic amines is 1. The zero-order chi connectivity index (χ0) is 27.4. The fourth-order valence-electron chi connectivity index (χ4n) is 5.80. The van der Waals surface area contributed by atoms with E-state index in [-0.39, 0.29) is 17.4 Å². The molecule has 194 valence electrons. The van der Waals surface area contributed by atoms with E-state index in [4.69, 9.17) is 15.5 Å². The highest BCUT2D eigenvalue weighted by Gasteiger charge is 2.36. The van der Waals surface area contributed by atoms with Gasteiger partial charge in [-0.05, 0) is 61.2 Å². The van der Waals surface area contributed by atoms with Gasteiger partial charge < -0.3 is 15.5 Å². The van der Waals surface area contributed by atoms with Gasteiger partial charge in [-0.15, -0.1) is 0 Å². The molecule has 0 amide bonds. The van der Waals surface area contributed by atoms with Gasteiger partial charge in [0.1, 0.15) is 23.2 Å². The van der Waals surface area contributed by atoms with E-state index >= 15 is 0 Å². The molecule has 7 nitrogen and oxygen atoms in total. The van der Waals surface area contributed by atoms with Crippen molar-refractivity contribution in [3.63, 3.8) is 0 Å². The number of para-hydroxylation sites is 2. The minimum Gasteiger partial charge on any atom is -0.440 e. The summed E-state index contributed by atoms with van der Waals surface area (Å²) in [6, 6.07) is 21.9. The molecular formula is C32H29N5O2. The highest BCUT2D eigenvalue weighted by molar-refractivity contribution is 5.87. The summed E-state index contributed by atoms with van der Waals surface area (Å²) in [5.74, 6) is 0.993. The van der Waals surface area contributed by atoms with Gasteiger partial charge in [0.15, 0.2) is 0 Å². The number of benzene rings is 3. The lowest BCUT2D eigenvalue weighted by molar-refractivity contribution is 0.387. The van der Waals surface area contributed by atoms with E-state index in [2.05, 4.69) is 31.0 Å². The number of hydrogen-bond donors (Lipinski definition) is 2. The van der Waals surface area contributed by atoms with Crippen LogP contribution in [0.2, 0.25) is 0 Å². The first-order valence-corrected chi connectivity index (χ1v) is 13.2. The summed E-state index contributed by atoms with van der Waals surface area (Å²) < 4.78 is 7.89. The molecule has 3 heterocycles. The van der Waals surface area contributed by atoms with Crippen LogP contribution in [0.3, 0.4) is 0 Å². The number of fused-ring (bicyclic) bond motifs is 3. The number of nitrogens with zero attached hydrogens (tertiary/aromatic N) is 3. The molecule has 0 radical (unpaired) electrons.